The zero-order chi connectivity index (χ0) is 16.4. The van der Waals surface area contributed by atoms with Gasteiger partial charge in [0.25, 0.3) is 17.6 Å². The van der Waals surface area contributed by atoms with E-state index in [1.54, 1.807) is 54.6 Å². The number of ketones is 1. The second-order valence-corrected chi connectivity index (χ2v) is 5.21. The number of Topliss-reactive ketones (excluding diaryl/α,β-unsaturated/α-hetero) is 1. The summed E-state index contributed by atoms with van der Waals surface area (Å²) in [6.45, 7) is 0. The Morgan fingerprint density at radius 3 is 2.00 bits per heavy atom. The third-order valence-corrected chi connectivity index (χ3v) is 3.82. The Labute approximate surface area is 132 Å². The number of carbonyl (C=O) groups excluding carboxylic acids is 3. The fourth-order valence-electron chi connectivity index (χ4n) is 2.70. The van der Waals surface area contributed by atoms with Crippen LogP contribution in [0.15, 0.2) is 54.6 Å². The SMILES string of the molecule is N#CC(=O)C(Cc1ccccc1)N1C(=O)c2ccccc2C1=O. The van der Waals surface area contributed by atoms with Gasteiger partial charge >= 0.3 is 0 Å². The Kier molecular flexibility index (Phi) is 3.73. The first-order valence-corrected chi connectivity index (χ1v) is 7.08. The van der Waals surface area contributed by atoms with Crippen molar-refractivity contribution < 1.29 is 14.4 Å². The highest BCUT2D eigenvalue weighted by Gasteiger charge is 2.42. The first kappa shape index (κ1) is 14.7. The zero-order valence-electron chi connectivity index (χ0n) is 12.1. The summed E-state index contributed by atoms with van der Waals surface area (Å²) < 4.78 is 0. The van der Waals surface area contributed by atoms with Crippen molar-refractivity contribution in [2.45, 2.75) is 12.5 Å². The first-order valence-electron chi connectivity index (χ1n) is 7.08. The maximum absolute atomic E-state index is 12.5. The lowest BCUT2D eigenvalue weighted by Gasteiger charge is -2.22. The molecular formula is C18H12N2O3. The van der Waals surface area contributed by atoms with Crippen LogP contribution < -0.4 is 0 Å². The summed E-state index contributed by atoms with van der Waals surface area (Å²) in [5, 5.41) is 8.98. The van der Waals surface area contributed by atoms with Crippen LogP contribution in [0.2, 0.25) is 0 Å². The lowest BCUT2D eigenvalue weighted by Crippen LogP contribution is -2.45. The van der Waals surface area contributed by atoms with Crippen LogP contribution in [0.3, 0.4) is 0 Å². The molecule has 0 spiro atoms. The van der Waals surface area contributed by atoms with Gasteiger partial charge in [-0.3, -0.25) is 19.3 Å². The van der Waals surface area contributed by atoms with E-state index in [0.29, 0.717) is 0 Å². The van der Waals surface area contributed by atoms with Crippen molar-refractivity contribution in [1.29, 1.82) is 5.26 Å². The van der Waals surface area contributed by atoms with Gasteiger partial charge in [0, 0.05) is 6.42 Å². The summed E-state index contributed by atoms with van der Waals surface area (Å²) in [6.07, 6.45) is 0.124. The molecule has 0 radical (unpaired) electrons. The predicted molar refractivity (Wildman–Crippen MR) is 81.5 cm³/mol. The van der Waals surface area contributed by atoms with Crippen LogP contribution in [0.1, 0.15) is 26.3 Å². The molecule has 2 aromatic rings. The van der Waals surface area contributed by atoms with Gasteiger partial charge in [-0.2, -0.15) is 5.26 Å². The highest BCUT2D eigenvalue weighted by Crippen LogP contribution is 2.26. The molecule has 1 atom stereocenters. The van der Waals surface area contributed by atoms with Crippen molar-refractivity contribution in [3.8, 4) is 6.07 Å². The minimum absolute atomic E-state index is 0.124. The van der Waals surface area contributed by atoms with Crippen LogP contribution in [-0.2, 0) is 11.2 Å². The molecule has 5 heteroatoms. The molecular weight excluding hydrogens is 292 g/mol. The second-order valence-electron chi connectivity index (χ2n) is 5.21. The van der Waals surface area contributed by atoms with Gasteiger partial charge < -0.3 is 0 Å². The molecule has 0 fully saturated rings. The van der Waals surface area contributed by atoms with Gasteiger partial charge in [-0.15, -0.1) is 0 Å². The number of hydrogen-bond donors (Lipinski definition) is 0. The van der Waals surface area contributed by atoms with Gasteiger partial charge in [-0.25, -0.2) is 0 Å². The van der Waals surface area contributed by atoms with Crippen molar-refractivity contribution in [3.63, 3.8) is 0 Å². The van der Waals surface area contributed by atoms with Crippen LogP contribution in [0.4, 0.5) is 0 Å². The maximum atomic E-state index is 12.5. The minimum atomic E-state index is -1.12. The van der Waals surface area contributed by atoms with Crippen LogP contribution in [-0.4, -0.2) is 28.5 Å². The number of hydrogen-bond acceptors (Lipinski definition) is 4. The van der Waals surface area contributed by atoms with E-state index in [9.17, 15) is 14.4 Å². The predicted octanol–water partition coefficient (Wildman–Crippen LogP) is 1.99. The molecule has 1 aliphatic rings. The smallest absolute Gasteiger partial charge is 0.262 e. The topological polar surface area (TPSA) is 78.2 Å². The van der Waals surface area contributed by atoms with Crippen LogP contribution in [0, 0.1) is 11.3 Å². The standard InChI is InChI=1S/C18H12N2O3/c19-11-16(21)15(10-12-6-2-1-3-7-12)20-17(22)13-8-4-5-9-14(13)18(20)23/h1-9,15H,10H2. The van der Waals surface area contributed by atoms with Gasteiger partial charge in [0.2, 0.25) is 0 Å². The van der Waals surface area contributed by atoms with Gasteiger partial charge in [0.1, 0.15) is 12.1 Å². The van der Waals surface area contributed by atoms with Gasteiger partial charge in [0.15, 0.2) is 0 Å². The number of nitrogens with zero attached hydrogens (tertiary/aromatic N) is 2. The average Bonchev–Trinajstić information content (AvgIpc) is 2.85. The van der Waals surface area contributed by atoms with Gasteiger partial charge in [0.05, 0.1) is 11.1 Å². The number of amides is 2. The lowest BCUT2D eigenvalue weighted by molar-refractivity contribution is -0.117. The molecule has 0 aliphatic carbocycles. The maximum Gasteiger partial charge on any atom is 0.262 e. The molecule has 23 heavy (non-hydrogen) atoms. The number of imide groups is 1. The molecule has 1 aliphatic heterocycles. The Balaban J connectivity index is 1.99. The molecule has 5 nitrogen and oxygen atoms in total. The monoisotopic (exact) mass is 304 g/mol. The van der Waals surface area contributed by atoms with E-state index in [-0.39, 0.29) is 17.5 Å². The Hall–Kier alpha value is -3.26. The molecule has 0 saturated carbocycles. The summed E-state index contributed by atoms with van der Waals surface area (Å²) >= 11 is 0. The van der Waals surface area contributed by atoms with E-state index in [1.807, 2.05) is 6.07 Å². The van der Waals surface area contributed by atoms with E-state index in [4.69, 9.17) is 5.26 Å². The third-order valence-electron chi connectivity index (χ3n) is 3.82. The summed E-state index contributed by atoms with van der Waals surface area (Å²) in [4.78, 5) is 37.9. The molecule has 3 rings (SSSR count). The van der Waals surface area contributed by atoms with E-state index < -0.39 is 23.6 Å². The molecule has 0 aromatic heterocycles. The zero-order valence-corrected chi connectivity index (χ0v) is 12.1. The molecule has 1 unspecified atom stereocenters. The van der Waals surface area contributed by atoms with Crippen molar-refractivity contribution in [2.75, 3.05) is 0 Å². The van der Waals surface area contributed by atoms with E-state index in [0.717, 1.165) is 10.5 Å². The van der Waals surface area contributed by atoms with Gasteiger partial charge in [-0.1, -0.05) is 42.5 Å². The second kappa shape index (κ2) is 5.85. The Morgan fingerprint density at radius 2 is 1.48 bits per heavy atom. The molecule has 2 amide bonds. The van der Waals surface area contributed by atoms with Crippen molar-refractivity contribution in [3.05, 3.63) is 71.3 Å². The van der Waals surface area contributed by atoms with Crippen molar-refractivity contribution >= 4 is 17.6 Å². The van der Waals surface area contributed by atoms with E-state index in [1.165, 1.54) is 0 Å². The van der Waals surface area contributed by atoms with Crippen LogP contribution >= 0.6 is 0 Å². The number of rotatable bonds is 4. The largest absolute Gasteiger partial charge is 0.280 e. The molecule has 0 bridgehead atoms. The van der Waals surface area contributed by atoms with E-state index >= 15 is 0 Å². The van der Waals surface area contributed by atoms with Crippen LogP contribution in [0.5, 0.6) is 0 Å². The van der Waals surface area contributed by atoms with E-state index in [2.05, 4.69) is 0 Å². The first-order chi connectivity index (χ1) is 11.1. The fourth-order valence-corrected chi connectivity index (χ4v) is 2.70. The Morgan fingerprint density at radius 1 is 0.957 bits per heavy atom. The normalized spacial score (nSPS) is 14.3. The molecule has 0 N–H and O–H groups in total. The summed E-state index contributed by atoms with van der Waals surface area (Å²) in [7, 11) is 0. The molecule has 2 aromatic carbocycles. The van der Waals surface area contributed by atoms with Crippen molar-refractivity contribution in [1.82, 2.24) is 4.90 Å². The average molecular weight is 304 g/mol. The van der Waals surface area contributed by atoms with Crippen LogP contribution in [0.25, 0.3) is 0 Å². The third kappa shape index (κ3) is 2.51. The number of carbonyl (C=O) groups is 3. The van der Waals surface area contributed by atoms with Gasteiger partial charge in [-0.05, 0) is 17.7 Å². The number of nitriles is 1. The number of benzene rings is 2. The quantitative estimate of drug-likeness (QED) is 0.639. The molecule has 0 saturated heterocycles. The highest BCUT2D eigenvalue weighted by atomic mass is 16.2. The minimum Gasteiger partial charge on any atom is -0.280 e. The Bertz CT molecular complexity index is 802. The molecule has 112 valence electrons. The molecule has 1 heterocycles. The van der Waals surface area contributed by atoms with Crippen molar-refractivity contribution in [2.24, 2.45) is 0 Å². The summed E-state index contributed by atoms with van der Waals surface area (Å²) in [6, 6.07) is 15.8. The summed E-state index contributed by atoms with van der Waals surface area (Å²) in [5.74, 6) is -1.87. The lowest BCUT2D eigenvalue weighted by atomic mass is 10.0. The summed E-state index contributed by atoms with van der Waals surface area (Å²) in [5.41, 5.74) is 1.31. The highest BCUT2D eigenvalue weighted by molar-refractivity contribution is 6.23. The fraction of sp³-hybridized carbons (Fsp3) is 0.111. The number of fused-ring (bicyclic) bond motifs is 1.